The summed E-state index contributed by atoms with van der Waals surface area (Å²) in [6, 6.07) is 15.3. The van der Waals surface area contributed by atoms with Gasteiger partial charge in [0, 0.05) is 18.5 Å². The van der Waals surface area contributed by atoms with Crippen LogP contribution in [0.15, 0.2) is 66.0 Å². The van der Waals surface area contributed by atoms with Gasteiger partial charge in [0.15, 0.2) is 5.13 Å². The molecule has 14 heteroatoms. The fraction of sp³-hybridized carbons (Fsp3) is 0.259. The lowest BCUT2D eigenvalue weighted by molar-refractivity contribution is -0.139. The zero-order valence-electron chi connectivity index (χ0n) is 22.1. The highest BCUT2D eigenvalue weighted by Gasteiger charge is 2.23. The molecule has 6 N–H and O–H groups in total. The molecule has 0 bridgehead atoms. The van der Waals surface area contributed by atoms with E-state index in [0.29, 0.717) is 17.4 Å². The van der Waals surface area contributed by atoms with Gasteiger partial charge in [0.1, 0.15) is 18.7 Å². The van der Waals surface area contributed by atoms with Crippen molar-refractivity contribution in [3.8, 4) is 0 Å². The van der Waals surface area contributed by atoms with Crippen molar-refractivity contribution in [3.63, 3.8) is 0 Å². The van der Waals surface area contributed by atoms with Gasteiger partial charge in [-0.25, -0.2) is 19.4 Å². The fourth-order valence-corrected chi connectivity index (χ4v) is 4.06. The van der Waals surface area contributed by atoms with Gasteiger partial charge in [-0.2, -0.15) is 0 Å². The molecule has 0 unspecified atom stereocenters. The standard InChI is InChI=1S/C27H30N6O7S/c1-17(23(35)28-14-21(24(36)37)32-27(39)40-15-19-10-6-3-7-11-19)30-22(34)12-20-16-41-26(31-20)33-25(38)29-13-18-8-4-2-5-9-18/h2-11,16-17,21H,12-15H2,1H3,(H,28,35)(H,30,34)(H,32,39)(H,36,37)(H2,29,31,33,38)/t17-,21-/m0/s1. The fourth-order valence-electron chi connectivity index (χ4n) is 3.35. The molecule has 1 aromatic heterocycles. The minimum atomic E-state index is -1.45. The molecule has 0 saturated carbocycles. The molecule has 3 aromatic rings. The summed E-state index contributed by atoms with van der Waals surface area (Å²) >= 11 is 1.14. The highest BCUT2D eigenvalue weighted by Crippen LogP contribution is 2.15. The molecule has 2 aromatic carbocycles. The molecular formula is C27H30N6O7S. The molecule has 1 heterocycles. The van der Waals surface area contributed by atoms with Crippen molar-refractivity contribution in [2.75, 3.05) is 11.9 Å². The van der Waals surface area contributed by atoms with Gasteiger partial charge in [0.2, 0.25) is 11.8 Å². The summed E-state index contributed by atoms with van der Waals surface area (Å²) in [5.74, 6) is -2.53. The highest BCUT2D eigenvalue weighted by molar-refractivity contribution is 7.13. The lowest BCUT2D eigenvalue weighted by Crippen LogP contribution is -2.52. The van der Waals surface area contributed by atoms with E-state index in [2.05, 4.69) is 31.6 Å². The molecule has 0 spiro atoms. The van der Waals surface area contributed by atoms with Crippen LogP contribution in [0.4, 0.5) is 14.7 Å². The number of nitrogens with zero attached hydrogens (tertiary/aromatic N) is 1. The minimum Gasteiger partial charge on any atom is -0.480 e. The summed E-state index contributed by atoms with van der Waals surface area (Å²) in [4.78, 5) is 64.6. The van der Waals surface area contributed by atoms with Gasteiger partial charge in [-0.15, -0.1) is 11.3 Å². The van der Waals surface area contributed by atoms with Crippen molar-refractivity contribution >= 4 is 46.4 Å². The molecule has 13 nitrogen and oxygen atoms in total. The van der Waals surface area contributed by atoms with Gasteiger partial charge in [-0.3, -0.25) is 14.9 Å². The number of anilines is 1. The molecule has 0 saturated heterocycles. The summed E-state index contributed by atoms with van der Waals surface area (Å²) in [7, 11) is 0. The predicted octanol–water partition coefficient (Wildman–Crippen LogP) is 2.01. The van der Waals surface area contributed by atoms with Crippen LogP contribution >= 0.6 is 11.3 Å². The van der Waals surface area contributed by atoms with Gasteiger partial charge < -0.3 is 31.1 Å². The van der Waals surface area contributed by atoms with Crippen molar-refractivity contribution in [1.82, 2.24) is 26.3 Å². The smallest absolute Gasteiger partial charge is 0.408 e. The van der Waals surface area contributed by atoms with Crippen LogP contribution in [0, 0.1) is 0 Å². The summed E-state index contributed by atoms with van der Waals surface area (Å²) in [6.45, 7) is 1.29. The average molecular weight is 583 g/mol. The Bertz CT molecular complexity index is 1340. The van der Waals surface area contributed by atoms with Crippen LogP contribution in [0.5, 0.6) is 0 Å². The van der Waals surface area contributed by atoms with E-state index < -0.39 is 48.5 Å². The van der Waals surface area contributed by atoms with E-state index in [-0.39, 0.29) is 13.0 Å². The second-order valence-electron chi connectivity index (χ2n) is 8.75. The SMILES string of the molecule is C[C@H](NC(=O)Cc1csc(NC(=O)NCc2ccccc2)n1)C(=O)NC[C@H](NC(=O)OCc1ccccc1)C(=O)O. The Morgan fingerprint density at radius 2 is 1.59 bits per heavy atom. The number of benzene rings is 2. The van der Waals surface area contributed by atoms with Gasteiger partial charge in [0.25, 0.3) is 0 Å². The van der Waals surface area contributed by atoms with E-state index in [1.165, 1.54) is 6.92 Å². The van der Waals surface area contributed by atoms with E-state index in [4.69, 9.17) is 4.74 Å². The number of carbonyl (C=O) groups is 5. The Balaban J connectivity index is 1.37. The van der Waals surface area contributed by atoms with E-state index >= 15 is 0 Å². The van der Waals surface area contributed by atoms with Gasteiger partial charge in [-0.05, 0) is 18.1 Å². The first-order valence-corrected chi connectivity index (χ1v) is 13.4. The van der Waals surface area contributed by atoms with Crippen LogP contribution in [-0.4, -0.2) is 58.6 Å². The number of carboxylic acids is 1. The Labute approximate surface area is 239 Å². The zero-order chi connectivity index (χ0) is 29.6. The maximum absolute atomic E-state index is 12.4. The number of alkyl carbamates (subject to hydrolysis) is 1. The number of hydrogen-bond donors (Lipinski definition) is 6. The third kappa shape index (κ3) is 11.0. The molecule has 3 rings (SSSR count). The van der Waals surface area contributed by atoms with Gasteiger partial charge in [0.05, 0.1) is 12.1 Å². The number of thiazole rings is 1. The monoisotopic (exact) mass is 582 g/mol. The third-order valence-corrected chi connectivity index (χ3v) is 6.27. The van der Waals surface area contributed by atoms with Crippen LogP contribution in [0.1, 0.15) is 23.7 Å². The second kappa shape index (κ2) is 15.6. The first-order valence-electron chi connectivity index (χ1n) is 12.5. The number of urea groups is 1. The molecule has 0 aliphatic heterocycles. The van der Waals surface area contributed by atoms with Crippen molar-refractivity contribution in [2.45, 2.75) is 38.6 Å². The lowest BCUT2D eigenvalue weighted by atomic mass is 10.2. The largest absolute Gasteiger partial charge is 0.480 e. The molecule has 41 heavy (non-hydrogen) atoms. The maximum atomic E-state index is 12.4. The number of nitrogens with one attached hydrogen (secondary N) is 5. The Kier molecular flexibility index (Phi) is 11.6. The molecule has 0 aliphatic carbocycles. The number of aromatic nitrogens is 1. The van der Waals surface area contributed by atoms with Crippen LogP contribution in [-0.2, 0) is 38.7 Å². The predicted molar refractivity (Wildman–Crippen MR) is 150 cm³/mol. The molecule has 2 atom stereocenters. The maximum Gasteiger partial charge on any atom is 0.408 e. The number of amides is 5. The molecule has 0 aliphatic rings. The Morgan fingerprint density at radius 3 is 2.24 bits per heavy atom. The van der Waals surface area contributed by atoms with Crippen LogP contribution in [0.25, 0.3) is 0 Å². The van der Waals surface area contributed by atoms with E-state index in [1.807, 2.05) is 30.3 Å². The molecule has 0 fully saturated rings. The van der Waals surface area contributed by atoms with Gasteiger partial charge in [-0.1, -0.05) is 60.7 Å². The third-order valence-electron chi connectivity index (χ3n) is 5.46. The van der Waals surface area contributed by atoms with Crippen molar-refractivity contribution in [2.24, 2.45) is 0 Å². The van der Waals surface area contributed by atoms with Gasteiger partial charge >= 0.3 is 18.1 Å². The summed E-state index contributed by atoms with van der Waals surface area (Å²) in [6.07, 6.45) is -1.10. The molecule has 216 valence electrons. The number of carbonyl (C=O) groups excluding carboxylic acids is 4. The first kappa shape index (κ1) is 30.6. The Morgan fingerprint density at radius 1 is 0.927 bits per heavy atom. The second-order valence-corrected chi connectivity index (χ2v) is 9.60. The number of hydrogen-bond acceptors (Lipinski definition) is 8. The van der Waals surface area contributed by atoms with Crippen molar-refractivity contribution < 1.29 is 33.8 Å². The molecular weight excluding hydrogens is 552 g/mol. The quantitative estimate of drug-likeness (QED) is 0.176. The number of ether oxygens (including phenoxy) is 1. The van der Waals surface area contributed by atoms with Crippen LogP contribution in [0.2, 0.25) is 0 Å². The van der Waals surface area contributed by atoms with Crippen molar-refractivity contribution in [3.05, 3.63) is 82.9 Å². The zero-order valence-corrected chi connectivity index (χ0v) is 22.9. The topological polar surface area (TPSA) is 188 Å². The number of carboxylic acid groups (broad SMARTS) is 1. The van der Waals surface area contributed by atoms with E-state index in [0.717, 1.165) is 22.5 Å². The first-order chi connectivity index (χ1) is 19.7. The summed E-state index contributed by atoms with van der Waals surface area (Å²) in [5.41, 5.74) is 2.05. The lowest BCUT2D eigenvalue weighted by Gasteiger charge is -2.18. The Hall–Kier alpha value is -4.98. The number of aliphatic carboxylic acids is 1. The number of rotatable bonds is 13. The normalized spacial score (nSPS) is 11.8. The summed E-state index contributed by atoms with van der Waals surface area (Å²) < 4.78 is 5.01. The van der Waals surface area contributed by atoms with Crippen LogP contribution in [0.3, 0.4) is 0 Å². The molecule has 0 radical (unpaired) electrons. The van der Waals surface area contributed by atoms with Crippen LogP contribution < -0.4 is 26.6 Å². The minimum absolute atomic E-state index is 0.0492. The van der Waals surface area contributed by atoms with E-state index in [1.54, 1.807) is 35.7 Å². The van der Waals surface area contributed by atoms with Crippen molar-refractivity contribution in [1.29, 1.82) is 0 Å². The molecule has 5 amide bonds. The summed E-state index contributed by atoms with van der Waals surface area (Å²) in [5, 5.41) is 23.7. The van der Waals surface area contributed by atoms with E-state index in [9.17, 15) is 29.1 Å². The highest BCUT2D eigenvalue weighted by atomic mass is 32.1. The average Bonchev–Trinajstić information content (AvgIpc) is 3.39.